The van der Waals surface area contributed by atoms with Crippen molar-refractivity contribution in [3.05, 3.63) is 6.07 Å². The number of anilines is 1. The Morgan fingerprint density at radius 2 is 1.92 bits per heavy atom. The topological polar surface area (TPSA) is 88.0 Å². The normalized spacial score (nSPS) is 23.9. The molecule has 24 heavy (non-hydrogen) atoms. The summed E-state index contributed by atoms with van der Waals surface area (Å²) in [5.74, 6) is 1.54. The lowest BCUT2D eigenvalue weighted by atomic mass is 9.78. The molecule has 8 nitrogen and oxygen atoms in total. The van der Waals surface area contributed by atoms with Gasteiger partial charge < -0.3 is 24.4 Å². The van der Waals surface area contributed by atoms with Crippen molar-refractivity contribution in [3.8, 4) is 11.8 Å². The summed E-state index contributed by atoms with van der Waals surface area (Å²) in [4.78, 5) is 25.4. The van der Waals surface area contributed by atoms with E-state index in [0.717, 1.165) is 32.4 Å². The summed E-state index contributed by atoms with van der Waals surface area (Å²) < 4.78 is 10.4. The highest BCUT2D eigenvalue weighted by molar-refractivity contribution is 5.85. The van der Waals surface area contributed by atoms with Gasteiger partial charge in [-0.15, -0.1) is 0 Å². The predicted molar refractivity (Wildman–Crippen MR) is 87.3 cm³/mol. The average molecular weight is 336 g/mol. The molecule has 0 aromatic carbocycles. The Kier molecular flexibility index (Phi) is 4.75. The van der Waals surface area contributed by atoms with Gasteiger partial charge in [-0.2, -0.15) is 9.97 Å². The van der Waals surface area contributed by atoms with E-state index in [1.54, 1.807) is 25.2 Å². The minimum Gasteiger partial charge on any atom is -0.481 e. The van der Waals surface area contributed by atoms with Crippen LogP contribution in [-0.4, -0.2) is 72.9 Å². The Labute approximate surface area is 141 Å². The SMILES string of the molecule is COc1cc(OC)nc(N2CC[C@@]3(CCCN(CCO)C3=O)C2)n1. The number of nitrogens with zero attached hydrogens (tertiary/aromatic N) is 4. The van der Waals surface area contributed by atoms with Crippen LogP contribution in [0.4, 0.5) is 5.95 Å². The number of aliphatic hydroxyl groups excluding tert-OH is 1. The maximum absolute atomic E-state index is 12.9. The highest BCUT2D eigenvalue weighted by Crippen LogP contribution is 2.41. The lowest BCUT2D eigenvalue weighted by molar-refractivity contribution is -0.145. The monoisotopic (exact) mass is 336 g/mol. The number of aliphatic hydroxyl groups is 1. The molecule has 2 aliphatic heterocycles. The van der Waals surface area contributed by atoms with Gasteiger partial charge in [-0.1, -0.05) is 0 Å². The van der Waals surface area contributed by atoms with Gasteiger partial charge in [-0.05, 0) is 19.3 Å². The number of aromatic nitrogens is 2. The maximum Gasteiger partial charge on any atom is 0.232 e. The van der Waals surface area contributed by atoms with Gasteiger partial charge >= 0.3 is 0 Å². The minimum atomic E-state index is -0.396. The van der Waals surface area contributed by atoms with E-state index in [-0.39, 0.29) is 12.5 Å². The number of β-amino-alcohol motifs (C(OH)–C–C–N with tert-alkyl or cyclic N) is 1. The molecule has 1 spiro atoms. The standard InChI is InChI=1S/C16H24N4O4/c1-23-12-10-13(24-2)18-15(17-12)20-7-5-16(11-20)4-3-6-19(8-9-21)14(16)22/h10,21H,3-9,11H2,1-2H3/t16-/m0/s1. The van der Waals surface area contributed by atoms with Gasteiger partial charge in [0.2, 0.25) is 23.6 Å². The lowest BCUT2D eigenvalue weighted by Crippen LogP contribution is -2.50. The Hall–Kier alpha value is -2.09. The zero-order chi connectivity index (χ0) is 17.2. The fraction of sp³-hybridized carbons (Fsp3) is 0.688. The molecule has 0 radical (unpaired) electrons. The first-order valence-electron chi connectivity index (χ1n) is 8.24. The first-order chi connectivity index (χ1) is 11.6. The molecule has 132 valence electrons. The summed E-state index contributed by atoms with van der Waals surface area (Å²) in [7, 11) is 3.10. The molecule has 0 saturated carbocycles. The average Bonchev–Trinajstić information content (AvgIpc) is 3.04. The lowest BCUT2D eigenvalue weighted by Gasteiger charge is -2.39. The molecule has 2 aliphatic rings. The summed E-state index contributed by atoms with van der Waals surface area (Å²) in [6.07, 6.45) is 2.60. The van der Waals surface area contributed by atoms with Crippen LogP contribution in [0.15, 0.2) is 6.07 Å². The van der Waals surface area contributed by atoms with Crippen LogP contribution in [0.2, 0.25) is 0 Å². The molecule has 8 heteroatoms. The molecule has 1 atom stereocenters. The molecule has 2 fully saturated rings. The summed E-state index contributed by atoms with van der Waals surface area (Å²) in [5, 5.41) is 9.16. The molecule has 0 unspecified atom stereocenters. The van der Waals surface area contributed by atoms with E-state index >= 15 is 0 Å². The zero-order valence-corrected chi connectivity index (χ0v) is 14.2. The number of carbonyl (C=O) groups excluding carboxylic acids is 1. The maximum atomic E-state index is 12.9. The number of rotatable bonds is 5. The highest BCUT2D eigenvalue weighted by atomic mass is 16.5. The van der Waals surface area contributed by atoms with Crippen LogP contribution >= 0.6 is 0 Å². The predicted octanol–water partition coefficient (Wildman–Crippen LogP) is 0.305. The van der Waals surface area contributed by atoms with Crippen LogP contribution in [0.3, 0.4) is 0 Å². The van der Waals surface area contributed by atoms with Crippen LogP contribution in [-0.2, 0) is 4.79 Å². The Balaban J connectivity index is 1.81. The number of hydrogen-bond donors (Lipinski definition) is 1. The van der Waals surface area contributed by atoms with Crippen molar-refractivity contribution in [1.29, 1.82) is 0 Å². The third kappa shape index (κ3) is 2.98. The van der Waals surface area contributed by atoms with Crippen LogP contribution in [0.1, 0.15) is 19.3 Å². The quantitative estimate of drug-likeness (QED) is 0.827. The van der Waals surface area contributed by atoms with E-state index in [0.29, 0.717) is 30.8 Å². The van der Waals surface area contributed by atoms with E-state index in [9.17, 15) is 4.79 Å². The molecule has 3 rings (SSSR count). The Bertz CT molecular complexity index is 587. The molecule has 3 heterocycles. The van der Waals surface area contributed by atoms with Gasteiger partial charge in [0.25, 0.3) is 0 Å². The largest absolute Gasteiger partial charge is 0.481 e. The Morgan fingerprint density at radius 1 is 1.21 bits per heavy atom. The third-order valence-corrected chi connectivity index (χ3v) is 4.92. The van der Waals surface area contributed by atoms with Gasteiger partial charge in [0.15, 0.2) is 0 Å². The van der Waals surface area contributed by atoms with Crippen LogP contribution in [0.25, 0.3) is 0 Å². The summed E-state index contributed by atoms with van der Waals surface area (Å²) in [5.41, 5.74) is -0.396. The number of ether oxygens (including phenoxy) is 2. The molecular weight excluding hydrogens is 312 g/mol. The highest BCUT2D eigenvalue weighted by Gasteiger charge is 2.48. The van der Waals surface area contributed by atoms with Crippen molar-refractivity contribution in [2.75, 3.05) is 51.9 Å². The number of carbonyl (C=O) groups is 1. The van der Waals surface area contributed by atoms with Gasteiger partial charge in [0.05, 0.1) is 32.3 Å². The fourth-order valence-electron chi connectivity index (χ4n) is 3.65. The van der Waals surface area contributed by atoms with Crippen molar-refractivity contribution >= 4 is 11.9 Å². The fourth-order valence-corrected chi connectivity index (χ4v) is 3.65. The molecule has 1 aromatic rings. The third-order valence-electron chi connectivity index (χ3n) is 4.92. The van der Waals surface area contributed by atoms with Crippen LogP contribution in [0.5, 0.6) is 11.8 Å². The van der Waals surface area contributed by atoms with Crippen LogP contribution < -0.4 is 14.4 Å². The molecule has 0 aliphatic carbocycles. The molecule has 1 aromatic heterocycles. The van der Waals surface area contributed by atoms with E-state index in [1.807, 2.05) is 4.90 Å². The number of hydrogen-bond acceptors (Lipinski definition) is 7. The second kappa shape index (κ2) is 6.80. The summed E-state index contributed by atoms with van der Waals surface area (Å²) in [6.45, 7) is 2.44. The van der Waals surface area contributed by atoms with Crippen molar-refractivity contribution < 1.29 is 19.4 Å². The van der Waals surface area contributed by atoms with Gasteiger partial charge in [-0.25, -0.2) is 0 Å². The summed E-state index contributed by atoms with van der Waals surface area (Å²) >= 11 is 0. The molecular formula is C16H24N4O4. The van der Waals surface area contributed by atoms with Crippen molar-refractivity contribution in [1.82, 2.24) is 14.9 Å². The molecule has 1 amide bonds. The molecule has 2 saturated heterocycles. The van der Waals surface area contributed by atoms with Crippen molar-refractivity contribution in [3.63, 3.8) is 0 Å². The van der Waals surface area contributed by atoms with Gasteiger partial charge in [0.1, 0.15) is 0 Å². The minimum absolute atomic E-state index is 0.00171. The number of piperidine rings is 1. The van der Waals surface area contributed by atoms with Crippen molar-refractivity contribution in [2.24, 2.45) is 5.41 Å². The van der Waals surface area contributed by atoms with Crippen LogP contribution in [0, 0.1) is 5.41 Å². The van der Waals surface area contributed by atoms with E-state index in [2.05, 4.69) is 9.97 Å². The number of amides is 1. The first kappa shape index (κ1) is 16.8. The second-order valence-electron chi connectivity index (χ2n) is 6.32. The molecule has 1 N–H and O–H groups in total. The zero-order valence-electron chi connectivity index (χ0n) is 14.2. The van der Waals surface area contributed by atoms with E-state index < -0.39 is 5.41 Å². The summed E-state index contributed by atoms with van der Waals surface area (Å²) in [6, 6.07) is 1.63. The smallest absolute Gasteiger partial charge is 0.232 e. The van der Waals surface area contributed by atoms with E-state index in [1.165, 1.54) is 0 Å². The molecule has 0 bridgehead atoms. The first-order valence-corrected chi connectivity index (χ1v) is 8.24. The Morgan fingerprint density at radius 3 is 2.54 bits per heavy atom. The number of methoxy groups -OCH3 is 2. The van der Waals surface area contributed by atoms with Gasteiger partial charge in [-0.3, -0.25) is 4.79 Å². The van der Waals surface area contributed by atoms with Crippen molar-refractivity contribution in [2.45, 2.75) is 19.3 Å². The van der Waals surface area contributed by atoms with E-state index in [4.69, 9.17) is 14.6 Å². The van der Waals surface area contributed by atoms with Gasteiger partial charge in [0, 0.05) is 26.2 Å². The second-order valence-corrected chi connectivity index (χ2v) is 6.32. The number of likely N-dealkylation sites (tertiary alicyclic amines) is 1.